The van der Waals surface area contributed by atoms with Crippen molar-refractivity contribution in [3.05, 3.63) is 95.6 Å². The minimum absolute atomic E-state index is 0.0289. The summed E-state index contributed by atoms with van der Waals surface area (Å²) >= 11 is 0. The van der Waals surface area contributed by atoms with Gasteiger partial charge in [-0.2, -0.15) is 8.42 Å². The second kappa shape index (κ2) is 8.06. The number of sulfonamides is 1. The Balaban J connectivity index is 2.05. The van der Waals surface area contributed by atoms with Crippen LogP contribution in [-0.4, -0.2) is 20.2 Å². The average molecular weight is 393 g/mol. The van der Waals surface area contributed by atoms with Gasteiger partial charge in [0.2, 0.25) is 0 Å². The van der Waals surface area contributed by atoms with Crippen LogP contribution in [0.15, 0.2) is 88.2 Å². The molecular weight excluding hydrogens is 376 g/mol. The van der Waals surface area contributed by atoms with Gasteiger partial charge in [0, 0.05) is 11.3 Å². The number of carbonyl (C=O) groups excluding carboxylic acids is 1. The zero-order valence-electron chi connectivity index (χ0n) is 15.0. The summed E-state index contributed by atoms with van der Waals surface area (Å²) in [6.07, 6.45) is 0. The van der Waals surface area contributed by atoms with Gasteiger partial charge in [-0.25, -0.2) is 0 Å². The monoisotopic (exact) mass is 393 g/mol. The van der Waals surface area contributed by atoms with E-state index in [0.29, 0.717) is 11.3 Å². The number of carbonyl (C=O) groups is 1. The van der Waals surface area contributed by atoms with E-state index in [9.17, 15) is 18.3 Å². The first-order chi connectivity index (χ1) is 13.3. The Bertz CT molecular complexity index is 1120. The third-order valence-electron chi connectivity index (χ3n) is 3.94. The predicted octanol–water partition coefficient (Wildman–Crippen LogP) is 2.61. The van der Waals surface area contributed by atoms with E-state index in [4.69, 9.17) is 0 Å². The van der Waals surface area contributed by atoms with E-state index in [1.807, 2.05) is 6.92 Å². The Morgan fingerprint density at radius 2 is 1.54 bits per heavy atom. The maximum Gasteiger partial charge on any atom is 0.284 e. The summed E-state index contributed by atoms with van der Waals surface area (Å²) in [6, 6.07) is 21.0. The summed E-state index contributed by atoms with van der Waals surface area (Å²) in [6.45, 7) is 1.86. The fourth-order valence-corrected chi connectivity index (χ4v) is 3.46. The van der Waals surface area contributed by atoms with Crippen LogP contribution in [0.25, 0.3) is 0 Å². The topological polar surface area (TPSA) is 98.7 Å². The Labute approximate surface area is 163 Å². The molecule has 0 radical (unpaired) electrons. The number of rotatable bonds is 5. The van der Waals surface area contributed by atoms with E-state index in [0.717, 1.165) is 5.56 Å². The molecule has 0 saturated carbocycles. The standard InChI is InChI=1S/C21H18N2O4S/c1-15-10-12-19(13-11-15)28(26,27)23-20(16-6-3-2-4-7-16)22-18-9-5-8-17(14-18)21(24)25/h2-14H,1H3,(H,22,23)(H,24,25)/p-1. The maximum atomic E-state index is 12.8. The summed E-state index contributed by atoms with van der Waals surface area (Å²) in [5.41, 5.74) is 1.82. The normalized spacial score (nSPS) is 11.8. The van der Waals surface area contributed by atoms with Crippen molar-refractivity contribution in [2.24, 2.45) is 4.40 Å². The highest BCUT2D eigenvalue weighted by atomic mass is 32.2. The summed E-state index contributed by atoms with van der Waals surface area (Å²) in [7, 11) is -3.97. The van der Waals surface area contributed by atoms with Crippen LogP contribution in [0.5, 0.6) is 0 Å². The second-order valence-electron chi connectivity index (χ2n) is 6.09. The van der Waals surface area contributed by atoms with Crippen LogP contribution in [0.1, 0.15) is 21.5 Å². The molecule has 0 aliphatic heterocycles. The maximum absolute atomic E-state index is 12.8. The van der Waals surface area contributed by atoms with Crippen molar-refractivity contribution in [1.29, 1.82) is 0 Å². The van der Waals surface area contributed by atoms with Gasteiger partial charge in [0.25, 0.3) is 10.0 Å². The minimum atomic E-state index is -3.97. The van der Waals surface area contributed by atoms with Gasteiger partial charge in [-0.05, 0) is 36.8 Å². The van der Waals surface area contributed by atoms with Gasteiger partial charge < -0.3 is 15.2 Å². The van der Waals surface area contributed by atoms with Gasteiger partial charge in [-0.3, -0.25) is 0 Å². The Morgan fingerprint density at radius 1 is 0.893 bits per heavy atom. The number of nitrogens with one attached hydrogen (secondary N) is 1. The molecular formula is C21H17N2O4S-. The SMILES string of the molecule is Cc1ccc(S(=O)(=O)N=C(Nc2cccc(C(=O)[O-])c2)c2ccccc2)cc1. The highest BCUT2D eigenvalue weighted by Gasteiger charge is 2.16. The number of amidine groups is 1. The van der Waals surface area contributed by atoms with E-state index >= 15 is 0 Å². The third kappa shape index (κ3) is 4.63. The van der Waals surface area contributed by atoms with Crippen LogP contribution in [-0.2, 0) is 10.0 Å². The number of carboxylic acids is 1. The van der Waals surface area contributed by atoms with Crippen molar-refractivity contribution >= 4 is 27.5 Å². The van der Waals surface area contributed by atoms with Gasteiger partial charge in [0.15, 0.2) is 5.84 Å². The van der Waals surface area contributed by atoms with E-state index < -0.39 is 16.0 Å². The minimum Gasteiger partial charge on any atom is -0.545 e. The largest absolute Gasteiger partial charge is 0.545 e. The van der Waals surface area contributed by atoms with Crippen molar-refractivity contribution in [3.63, 3.8) is 0 Å². The molecule has 0 heterocycles. The van der Waals surface area contributed by atoms with E-state index in [-0.39, 0.29) is 16.3 Å². The van der Waals surface area contributed by atoms with Gasteiger partial charge in [-0.1, -0.05) is 60.2 Å². The third-order valence-corrected chi connectivity index (χ3v) is 5.23. The molecule has 0 bridgehead atoms. The fraction of sp³-hybridized carbons (Fsp3) is 0.0476. The summed E-state index contributed by atoms with van der Waals surface area (Å²) in [5.74, 6) is -1.24. The number of aromatic carboxylic acids is 1. The zero-order chi connectivity index (χ0) is 20.1. The molecule has 28 heavy (non-hydrogen) atoms. The van der Waals surface area contributed by atoms with Crippen molar-refractivity contribution in [2.75, 3.05) is 5.32 Å². The van der Waals surface area contributed by atoms with E-state index in [2.05, 4.69) is 9.71 Å². The smallest absolute Gasteiger partial charge is 0.284 e. The van der Waals surface area contributed by atoms with Crippen LogP contribution in [0.2, 0.25) is 0 Å². The van der Waals surface area contributed by atoms with E-state index in [1.165, 1.54) is 30.3 Å². The summed E-state index contributed by atoms with van der Waals surface area (Å²) in [5, 5.41) is 14.0. The molecule has 3 rings (SSSR count). The Morgan fingerprint density at radius 3 is 2.18 bits per heavy atom. The van der Waals surface area contributed by atoms with Gasteiger partial charge in [0.1, 0.15) is 0 Å². The predicted molar refractivity (Wildman–Crippen MR) is 106 cm³/mol. The number of hydrogen-bond donors (Lipinski definition) is 1. The highest BCUT2D eigenvalue weighted by molar-refractivity contribution is 7.90. The molecule has 0 aliphatic carbocycles. The lowest BCUT2D eigenvalue weighted by Crippen LogP contribution is -2.22. The molecule has 0 atom stereocenters. The number of hydrogen-bond acceptors (Lipinski definition) is 4. The highest BCUT2D eigenvalue weighted by Crippen LogP contribution is 2.17. The summed E-state index contributed by atoms with van der Waals surface area (Å²) < 4.78 is 29.5. The zero-order valence-corrected chi connectivity index (χ0v) is 15.8. The molecule has 142 valence electrons. The van der Waals surface area contributed by atoms with Gasteiger partial charge in [0.05, 0.1) is 10.9 Å². The van der Waals surface area contributed by atoms with Crippen molar-refractivity contribution in [2.45, 2.75) is 11.8 Å². The van der Waals surface area contributed by atoms with Crippen LogP contribution in [0.4, 0.5) is 5.69 Å². The molecule has 3 aromatic carbocycles. The first kappa shape index (κ1) is 19.3. The number of nitrogens with zero attached hydrogens (tertiary/aromatic N) is 1. The lowest BCUT2D eigenvalue weighted by Gasteiger charge is -2.12. The lowest BCUT2D eigenvalue weighted by atomic mass is 10.1. The number of benzene rings is 3. The quantitative estimate of drug-likeness (QED) is 0.531. The number of anilines is 1. The molecule has 0 spiro atoms. The molecule has 1 N–H and O–H groups in total. The molecule has 0 aromatic heterocycles. The molecule has 0 fully saturated rings. The molecule has 3 aromatic rings. The van der Waals surface area contributed by atoms with Crippen molar-refractivity contribution < 1.29 is 18.3 Å². The van der Waals surface area contributed by atoms with Crippen LogP contribution >= 0.6 is 0 Å². The molecule has 0 saturated heterocycles. The van der Waals surface area contributed by atoms with Crippen LogP contribution < -0.4 is 10.4 Å². The first-order valence-electron chi connectivity index (χ1n) is 8.41. The number of aryl methyl sites for hydroxylation is 1. The number of carboxylic acid groups (broad SMARTS) is 1. The first-order valence-corrected chi connectivity index (χ1v) is 9.85. The Kier molecular flexibility index (Phi) is 5.56. The molecule has 0 aliphatic rings. The van der Waals surface area contributed by atoms with Crippen molar-refractivity contribution in [1.82, 2.24) is 0 Å². The Hall–Kier alpha value is -3.45. The molecule has 0 amide bonds. The second-order valence-corrected chi connectivity index (χ2v) is 7.69. The van der Waals surface area contributed by atoms with Crippen LogP contribution in [0.3, 0.4) is 0 Å². The average Bonchev–Trinajstić information content (AvgIpc) is 2.68. The van der Waals surface area contributed by atoms with Crippen LogP contribution in [0, 0.1) is 6.92 Å². The molecule has 6 nitrogen and oxygen atoms in total. The molecule has 0 unspecified atom stereocenters. The van der Waals surface area contributed by atoms with E-state index in [1.54, 1.807) is 48.5 Å². The van der Waals surface area contributed by atoms with Gasteiger partial charge >= 0.3 is 0 Å². The lowest BCUT2D eigenvalue weighted by molar-refractivity contribution is -0.255. The molecule has 7 heteroatoms. The van der Waals surface area contributed by atoms with Gasteiger partial charge in [-0.15, -0.1) is 4.40 Å². The summed E-state index contributed by atoms with van der Waals surface area (Å²) in [4.78, 5) is 11.2. The van der Waals surface area contributed by atoms with Crippen molar-refractivity contribution in [3.8, 4) is 0 Å². The fourth-order valence-electron chi connectivity index (χ4n) is 2.49.